The quantitative estimate of drug-likeness (QED) is 0.867. The Hall–Kier alpha value is -2.08. The smallest absolute Gasteiger partial charge is 0.264 e. The van der Waals surface area contributed by atoms with Crippen LogP contribution >= 0.6 is 11.3 Å². The number of amides is 1. The molecular formula is C17H20N2O3S. The van der Waals surface area contributed by atoms with E-state index in [-0.39, 0.29) is 17.6 Å². The van der Waals surface area contributed by atoms with Crippen LogP contribution in [0.4, 0.5) is 0 Å². The van der Waals surface area contributed by atoms with Crippen molar-refractivity contribution >= 4 is 17.2 Å². The Labute approximate surface area is 139 Å². The van der Waals surface area contributed by atoms with E-state index in [1.807, 2.05) is 36.9 Å². The molecule has 5 nitrogen and oxygen atoms in total. The third kappa shape index (κ3) is 3.32. The first-order valence-corrected chi connectivity index (χ1v) is 8.46. The number of pyridine rings is 1. The van der Waals surface area contributed by atoms with Crippen LogP contribution in [0.2, 0.25) is 0 Å². The highest BCUT2D eigenvalue weighted by atomic mass is 32.1. The Morgan fingerprint density at radius 1 is 1.30 bits per heavy atom. The minimum absolute atomic E-state index is 0.0634. The number of thiophene rings is 1. The molecule has 122 valence electrons. The zero-order chi connectivity index (χ0) is 16.6. The molecule has 0 saturated carbocycles. The summed E-state index contributed by atoms with van der Waals surface area (Å²) in [5.41, 5.74) is 0.771. The average molecular weight is 332 g/mol. The fourth-order valence-electron chi connectivity index (χ4n) is 2.71. The van der Waals surface area contributed by atoms with E-state index in [2.05, 4.69) is 0 Å². The van der Waals surface area contributed by atoms with Gasteiger partial charge in [-0.3, -0.25) is 9.59 Å². The van der Waals surface area contributed by atoms with Crippen LogP contribution in [0.3, 0.4) is 0 Å². The van der Waals surface area contributed by atoms with Crippen molar-refractivity contribution in [1.82, 2.24) is 9.47 Å². The molecule has 3 rings (SSSR count). The monoisotopic (exact) mass is 332 g/mol. The number of ether oxygens (including phenoxy) is 1. The summed E-state index contributed by atoms with van der Waals surface area (Å²) in [4.78, 5) is 28.0. The first-order valence-electron chi connectivity index (χ1n) is 7.64. The topological polar surface area (TPSA) is 51.5 Å². The lowest BCUT2D eigenvalue weighted by Gasteiger charge is -2.17. The minimum atomic E-state index is -0.0833. The van der Waals surface area contributed by atoms with Gasteiger partial charge in [-0.25, -0.2) is 0 Å². The normalized spacial score (nSPS) is 17.5. The van der Waals surface area contributed by atoms with E-state index in [1.165, 1.54) is 17.4 Å². The highest BCUT2D eigenvalue weighted by molar-refractivity contribution is 7.13. The van der Waals surface area contributed by atoms with Crippen molar-refractivity contribution in [3.05, 3.63) is 50.1 Å². The molecule has 23 heavy (non-hydrogen) atoms. The molecule has 6 heteroatoms. The SMILES string of the molecule is Cc1ccc(C(=O)N2CCC(Oc3cc(C)n(C)c(=O)c3)C2)s1. The molecule has 1 aliphatic heterocycles. The number of hydrogen-bond donors (Lipinski definition) is 0. The van der Waals surface area contributed by atoms with E-state index >= 15 is 0 Å². The van der Waals surface area contributed by atoms with Gasteiger partial charge in [-0.2, -0.15) is 0 Å². The van der Waals surface area contributed by atoms with Gasteiger partial charge in [0, 0.05) is 36.7 Å². The highest BCUT2D eigenvalue weighted by Crippen LogP contribution is 2.22. The van der Waals surface area contributed by atoms with Crippen molar-refractivity contribution in [2.75, 3.05) is 13.1 Å². The summed E-state index contributed by atoms with van der Waals surface area (Å²) in [6.07, 6.45) is 0.719. The van der Waals surface area contributed by atoms with Crippen molar-refractivity contribution in [1.29, 1.82) is 0 Å². The van der Waals surface area contributed by atoms with E-state index in [0.717, 1.165) is 21.9 Å². The number of nitrogens with zero attached hydrogens (tertiary/aromatic N) is 2. The van der Waals surface area contributed by atoms with Crippen molar-refractivity contribution in [3.63, 3.8) is 0 Å². The first kappa shape index (κ1) is 15.8. The second-order valence-electron chi connectivity index (χ2n) is 5.92. The van der Waals surface area contributed by atoms with Gasteiger partial charge in [-0.15, -0.1) is 11.3 Å². The fraction of sp³-hybridized carbons (Fsp3) is 0.412. The predicted octanol–water partition coefficient (Wildman–Crippen LogP) is 2.36. The van der Waals surface area contributed by atoms with Crippen molar-refractivity contribution in [2.24, 2.45) is 7.05 Å². The molecule has 2 aromatic rings. The largest absolute Gasteiger partial charge is 0.488 e. The highest BCUT2D eigenvalue weighted by Gasteiger charge is 2.29. The molecule has 1 fully saturated rings. The van der Waals surface area contributed by atoms with Crippen molar-refractivity contribution in [3.8, 4) is 5.75 Å². The maximum absolute atomic E-state index is 12.4. The Bertz CT molecular complexity index is 793. The van der Waals surface area contributed by atoms with E-state index < -0.39 is 0 Å². The Balaban J connectivity index is 1.66. The summed E-state index contributed by atoms with van der Waals surface area (Å²) in [7, 11) is 1.74. The van der Waals surface area contributed by atoms with Gasteiger partial charge in [0.1, 0.15) is 11.9 Å². The van der Waals surface area contributed by atoms with E-state index in [9.17, 15) is 9.59 Å². The molecule has 0 spiro atoms. The molecule has 1 amide bonds. The van der Waals surface area contributed by atoms with Crippen molar-refractivity contribution in [2.45, 2.75) is 26.4 Å². The minimum Gasteiger partial charge on any atom is -0.488 e. The van der Waals surface area contributed by atoms with Gasteiger partial charge in [-0.1, -0.05) is 0 Å². The number of aryl methyl sites for hydroxylation is 2. The molecule has 0 aliphatic carbocycles. The van der Waals surface area contributed by atoms with Crippen LogP contribution in [-0.4, -0.2) is 34.6 Å². The molecule has 1 saturated heterocycles. The first-order chi connectivity index (χ1) is 10.9. The third-order valence-corrected chi connectivity index (χ3v) is 5.15. The zero-order valence-corrected chi connectivity index (χ0v) is 14.4. The van der Waals surface area contributed by atoms with Gasteiger partial charge in [-0.05, 0) is 32.0 Å². The summed E-state index contributed by atoms with van der Waals surface area (Å²) < 4.78 is 7.49. The number of rotatable bonds is 3. The summed E-state index contributed by atoms with van der Waals surface area (Å²) in [5.74, 6) is 0.645. The van der Waals surface area contributed by atoms with Gasteiger partial charge >= 0.3 is 0 Å². The number of carbonyl (C=O) groups is 1. The Morgan fingerprint density at radius 3 is 2.74 bits per heavy atom. The maximum Gasteiger partial charge on any atom is 0.264 e. The van der Waals surface area contributed by atoms with Gasteiger partial charge in [0.15, 0.2) is 0 Å². The standard InChI is InChI=1S/C17H20N2O3S/c1-11-8-14(9-16(20)18(11)3)22-13-6-7-19(10-13)17(21)15-5-4-12(2)23-15/h4-5,8-9,13H,6-7,10H2,1-3H3. The average Bonchev–Trinajstić information content (AvgIpc) is 3.13. The molecule has 0 N–H and O–H groups in total. The van der Waals surface area contributed by atoms with E-state index in [1.54, 1.807) is 11.6 Å². The number of aromatic nitrogens is 1. The lowest BCUT2D eigenvalue weighted by Crippen LogP contribution is -2.30. The summed E-state index contributed by atoms with van der Waals surface area (Å²) >= 11 is 1.52. The van der Waals surface area contributed by atoms with Gasteiger partial charge in [0.25, 0.3) is 11.5 Å². The van der Waals surface area contributed by atoms with Gasteiger partial charge in [0.05, 0.1) is 11.4 Å². The Kier molecular flexibility index (Phi) is 4.26. The maximum atomic E-state index is 12.4. The van der Waals surface area contributed by atoms with Crippen LogP contribution < -0.4 is 10.3 Å². The predicted molar refractivity (Wildman–Crippen MR) is 90.4 cm³/mol. The molecule has 0 bridgehead atoms. The lowest BCUT2D eigenvalue weighted by atomic mass is 10.3. The summed E-state index contributed by atoms with van der Waals surface area (Å²) in [6.45, 7) is 5.11. The molecular weight excluding hydrogens is 312 g/mol. The lowest BCUT2D eigenvalue weighted by molar-refractivity contribution is 0.0777. The zero-order valence-electron chi connectivity index (χ0n) is 13.5. The van der Waals surface area contributed by atoms with Crippen LogP contribution in [0.5, 0.6) is 5.75 Å². The number of carbonyl (C=O) groups excluding carboxylic acids is 1. The van der Waals surface area contributed by atoms with Crippen LogP contribution in [0.25, 0.3) is 0 Å². The van der Waals surface area contributed by atoms with Gasteiger partial charge in [0.2, 0.25) is 0 Å². The van der Waals surface area contributed by atoms with Crippen molar-refractivity contribution < 1.29 is 9.53 Å². The third-order valence-electron chi connectivity index (χ3n) is 4.16. The summed E-state index contributed by atoms with van der Waals surface area (Å²) in [6, 6.07) is 7.19. The summed E-state index contributed by atoms with van der Waals surface area (Å²) in [5, 5.41) is 0. The number of hydrogen-bond acceptors (Lipinski definition) is 4. The molecule has 1 unspecified atom stereocenters. The molecule has 1 atom stereocenters. The molecule has 0 aromatic carbocycles. The van der Waals surface area contributed by atoms with Crippen LogP contribution in [0.1, 0.15) is 26.7 Å². The fourth-order valence-corrected chi connectivity index (χ4v) is 3.55. The molecule has 2 aromatic heterocycles. The molecule has 1 aliphatic rings. The molecule has 0 radical (unpaired) electrons. The van der Waals surface area contributed by atoms with Crippen LogP contribution in [0.15, 0.2) is 29.1 Å². The second kappa shape index (κ2) is 6.20. The van der Waals surface area contributed by atoms with Gasteiger partial charge < -0.3 is 14.2 Å². The van der Waals surface area contributed by atoms with E-state index in [0.29, 0.717) is 18.8 Å². The Morgan fingerprint density at radius 2 is 2.09 bits per heavy atom. The molecule has 3 heterocycles. The van der Waals surface area contributed by atoms with Crippen LogP contribution in [0, 0.1) is 13.8 Å². The number of likely N-dealkylation sites (tertiary alicyclic amines) is 1. The van der Waals surface area contributed by atoms with E-state index in [4.69, 9.17) is 4.74 Å². The van der Waals surface area contributed by atoms with Crippen LogP contribution in [-0.2, 0) is 7.05 Å². The second-order valence-corrected chi connectivity index (χ2v) is 7.21.